The lowest BCUT2D eigenvalue weighted by Crippen LogP contribution is -2.51. The first-order valence-electron chi connectivity index (χ1n) is 7.99. The van der Waals surface area contributed by atoms with Crippen molar-refractivity contribution in [2.45, 2.75) is 51.5 Å². The molecule has 0 spiro atoms. The molecule has 0 aromatic carbocycles. The number of amides is 2. The Morgan fingerprint density at radius 1 is 1.24 bits per heavy atom. The van der Waals surface area contributed by atoms with Gasteiger partial charge in [0.25, 0.3) is 0 Å². The van der Waals surface area contributed by atoms with Crippen molar-refractivity contribution in [3.8, 4) is 0 Å². The first kappa shape index (κ1) is 18.2. The van der Waals surface area contributed by atoms with Crippen molar-refractivity contribution in [2.75, 3.05) is 26.2 Å². The van der Waals surface area contributed by atoms with E-state index >= 15 is 0 Å². The van der Waals surface area contributed by atoms with Crippen molar-refractivity contribution < 1.29 is 9.59 Å². The molecule has 0 radical (unpaired) electrons. The molecule has 0 aliphatic carbocycles. The highest BCUT2D eigenvalue weighted by Gasteiger charge is 2.30. The molecule has 6 heteroatoms. The second-order valence-corrected chi connectivity index (χ2v) is 5.97. The lowest BCUT2D eigenvalue weighted by molar-refractivity contribution is -0.138. The predicted octanol–water partition coefficient (Wildman–Crippen LogP) is 1.32. The highest BCUT2D eigenvalue weighted by atomic mass is 35.5. The summed E-state index contributed by atoms with van der Waals surface area (Å²) in [6, 6.07) is 0.147. The molecule has 1 unspecified atom stereocenters. The zero-order valence-corrected chi connectivity index (χ0v) is 13.7. The van der Waals surface area contributed by atoms with Crippen LogP contribution in [0, 0.1) is 5.92 Å². The fraction of sp³-hybridized carbons (Fsp3) is 0.867. The van der Waals surface area contributed by atoms with Gasteiger partial charge in [-0.2, -0.15) is 0 Å². The number of piperidine rings is 2. The molecule has 21 heavy (non-hydrogen) atoms. The zero-order chi connectivity index (χ0) is 14.4. The van der Waals surface area contributed by atoms with Gasteiger partial charge in [0.2, 0.25) is 11.8 Å². The topological polar surface area (TPSA) is 61.4 Å². The Labute approximate surface area is 133 Å². The molecule has 2 fully saturated rings. The van der Waals surface area contributed by atoms with Crippen LogP contribution >= 0.6 is 12.4 Å². The second kappa shape index (κ2) is 9.26. The average Bonchev–Trinajstić information content (AvgIpc) is 2.48. The Morgan fingerprint density at radius 2 is 1.95 bits per heavy atom. The van der Waals surface area contributed by atoms with E-state index in [4.69, 9.17) is 0 Å². The molecule has 2 rings (SSSR count). The summed E-state index contributed by atoms with van der Waals surface area (Å²) < 4.78 is 0. The molecule has 1 atom stereocenters. The summed E-state index contributed by atoms with van der Waals surface area (Å²) in [4.78, 5) is 26.1. The molecular weight excluding hydrogens is 290 g/mol. The van der Waals surface area contributed by atoms with Crippen molar-refractivity contribution in [3.63, 3.8) is 0 Å². The minimum atomic E-state index is 0. The lowest BCUT2D eigenvalue weighted by Gasteiger charge is -2.36. The van der Waals surface area contributed by atoms with E-state index in [2.05, 4.69) is 10.6 Å². The van der Waals surface area contributed by atoms with E-state index in [0.29, 0.717) is 18.9 Å². The molecule has 0 aromatic rings. The van der Waals surface area contributed by atoms with Crippen LogP contribution in [0.1, 0.15) is 45.4 Å². The summed E-state index contributed by atoms with van der Waals surface area (Å²) in [6.45, 7) is 5.44. The quantitative estimate of drug-likeness (QED) is 0.822. The molecule has 2 saturated heterocycles. The molecule has 0 aromatic heterocycles. The van der Waals surface area contributed by atoms with Gasteiger partial charge < -0.3 is 15.5 Å². The number of nitrogens with zero attached hydrogens (tertiary/aromatic N) is 1. The third-order valence-electron chi connectivity index (χ3n) is 4.26. The fourth-order valence-electron chi connectivity index (χ4n) is 3.15. The van der Waals surface area contributed by atoms with E-state index in [1.54, 1.807) is 0 Å². The summed E-state index contributed by atoms with van der Waals surface area (Å²) in [5, 5.41) is 6.36. The monoisotopic (exact) mass is 317 g/mol. The number of hydrogen-bond donors (Lipinski definition) is 2. The Hall–Kier alpha value is -0.810. The van der Waals surface area contributed by atoms with Gasteiger partial charge in [0.15, 0.2) is 0 Å². The first-order chi connectivity index (χ1) is 9.70. The van der Waals surface area contributed by atoms with E-state index in [1.807, 2.05) is 11.8 Å². The van der Waals surface area contributed by atoms with Gasteiger partial charge in [0, 0.05) is 31.5 Å². The van der Waals surface area contributed by atoms with E-state index in [9.17, 15) is 9.59 Å². The normalized spacial score (nSPS) is 23.3. The zero-order valence-electron chi connectivity index (χ0n) is 12.9. The summed E-state index contributed by atoms with van der Waals surface area (Å²) >= 11 is 0. The number of carbonyl (C=O) groups excluding carboxylic acids is 2. The number of halogens is 1. The van der Waals surface area contributed by atoms with Crippen LogP contribution in [0.15, 0.2) is 0 Å². The number of likely N-dealkylation sites (tertiary alicyclic amines) is 1. The third-order valence-corrected chi connectivity index (χ3v) is 4.26. The fourth-order valence-corrected chi connectivity index (χ4v) is 3.15. The minimum Gasteiger partial charge on any atom is -0.352 e. The maximum absolute atomic E-state index is 12.5. The van der Waals surface area contributed by atoms with Gasteiger partial charge in [0.1, 0.15) is 0 Å². The van der Waals surface area contributed by atoms with Gasteiger partial charge in [-0.05, 0) is 45.2 Å². The second-order valence-electron chi connectivity index (χ2n) is 5.97. The van der Waals surface area contributed by atoms with Crippen molar-refractivity contribution in [1.29, 1.82) is 0 Å². The largest absolute Gasteiger partial charge is 0.352 e. The highest BCUT2D eigenvalue weighted by Crippen LogP contribution is 2.19. The standard InChI is InChI=1S/C15H27N3O2.ClH/c1-2-4-14(19)17-13-5-3-10-18(11-13)15(20)12-6-8-16-9-7-12;/h12-13,16H,2-11H2,1H3,(H,17,19);1H. The van der Waals surface area contributed by atoms with Crippen molar-refractivity contribution in [2.24, 2.45) is 5.92 Å². The molecule has 2 aliphatic rings. The third kappa shape index (κ3) is 5.47. The van der Waals surface area contributed by atoms with Gasteiger partial charge >= 0.3 is 0 Å². The van der Waals surface area contributed by atoms with Crippen LogP contribution in [0.25, 0.3) is 0 Å². The molecular formula is C15H28ClN3O2. The van der Waals surface area contributed by atoms with Gasteiger partial charge in [-0.1, -0.05) is 6.92 Å². The average molecular weight is 318 g/mol. The number of nitrogens with one attached hydrogen (secondary N) is 2. The molecule has 2 amide bonds. The maximum atomic E-state index is 12.5. The van der Waals surface area contributed by atoms with Gasteiger partial charge in [0.05, 0.1) is 0 Å². The van der Waals surface area contributed by atoms with Crippen molar-refractivity contribution in [3.05, 3.63) is 0 Å². The maximum Gasteiger partial charge on any atom is 0.225 e. The molecule has 122 valence electrons. The van der Waals surface area contributed by atoms with Crippen molar-refractivity contribution in [1.82, 2.24) is 15.5 Å². The van der Waals surface area contributed by atoms with Crippen LogP contribution in [-0.4, -0.2) is 48.9 Å². The molecule has 2 N–H and O–H groups in total. The minimum absolute atomic E-state index is 0. The summed E-state index contributed by atoms with van der Waals surface area (Å²) in [5.74, 6) is 0.593. The van der Waals surface area contributed by atoms with Crippen LogP contribution in [0.2, 0.25) is 0 Å². The van der Waals surface area contributed by atoms with Crippen LogP contribution in [-0.2, 0) is 9.59 Å². The summed E-state index contributed by atoms with van der Waals surface area (Å²) in [7, 11) is 0. The van der Waals surface area contributed by atoms with Crippen LogP contribution in [0.3, 0.4) is 0 Å². The SMILES string of the molecule is CCCC(=O)NC1CCCN(C(=O)C2CCNCC2)C1.Cl. The van der Waals surface area contributed by atoms with Gasteiger partial charge in [-0.3, -0.25) is 9.59 Å². The van der Waals surface area contributed by atoms with E-state index in [0.717, 1.165) is 51.7 Å². The molecule has 0 saturated carbocycles. The highest BCUT2D eigenvalue weighted by molar-refractivity contribution is 5.85. The smallest absolute Gasteiger partial charge is 0.225 e. The molecule has 2 aliphatic heterocycles. The molecule has 0 bridgehead atoms. The summed E-state index contributed by atoms with van der Waals surface area (Å²) in [5.41, 5.74) is 0. The lowest BCUT2D eigenvalue weighted by atomic mass is 9.95. The van der Waals surface area contributed by atoms with E-state index < -0.39 is 0 Å². The molecule has 5 nitrogen and oxygen atoms in total. The number of carbonyl (C=O) groups is 2. The van der Waals surface area contributed by atoms with Crippen LogP contribution in [0.5, 0.6) is 0 Å². The Bertz CT molecular complexity index is 346. The summed E-state index contributed by atoms with van der Waals surface area (Å²) in [6.07, 6.45) is 5.33. The van der Waals surface area contributed by atoms with E-state index in [1.165, 1.54) is 0 Å². The Morgan fingerprint density at radius 3 is 2.62 bits per heavy atom. The van der Waals surface area contributed by atoms with Crippen LogP contribution in [0.4, 0.5) is 0 Å². The van der Waals surface area contributed by atoms with Crippen molar-refractivity contribution >= 4 is 24.2 Å². The Kier molecular flexibility index (Phi) is 8.04. The Balaban J connectivity index is 0.00000220. The number of rotatable bonds is 4. The first-order valence-corrected chi connectivity index (χ1v) is 7.99. The van der Waals surface area contributed by atoms with Crippen LogP contribution < -0.4 is 10.6 Å². The van der Waals surface area contributed by atoms with Gasteiger partial charge in [-0.15, -0.1) is 12.4 Å². The van der Waals surface area contributed by atoms with E-state index in [-0.39, 0.29) is 30.3 Å². The predicted molar refractivity (Wildman–Crippen MR) is 85.5 cm³/mol. The number of hydrogen-bond acceptors (Lipinski definition) is 3. The molecule has 2 heterocycles. The van der Waals surface area contributed by atoms with Gasteiger partial charge in [-0.25, -0.2) is 0 Å².